The first-order valence-electron chi connectivity index (χ1n) is 8.05. The summed E-state index contributed by atoms with van der Waals surface area (Å²) < 4.78 is 10.3. The third-order valence-electron chi connectivity index (χ3n) is 5.06. The Labute approximate surface area is 131 Å². The van der Waals surface area contributed by atoms with Gasteiger partial charge in [0.15, 0.2) is 0 Å². The lowest BCUT2D eigenvalue weighted by atomic mass is 9.85. The molecule has 1 saturated carbocycles. The fourth-order valence-electron chi connectivity index (χ4n) is 4.00. The summed E-state index contributed by atoms with van der Waals surface area (Å²) in [6, 6.07) is 4.14. The average molecular weight is 304 g/mol. The minimum Gasteiger partial charge on any atom is -0.497 e. The maximum atomic E-state index is 12.2. The number of methoxy groups -OCH3 is 2. The summed E-state index contributed by atoms with van der Waals surface area (Å²) in [5.74, 6) is 1.31. The Balaban J connectivity index is 1.81. The molecule has 5 nitrogen and oxygen atoms in total. The van der Waals surface area contributed by atoms with Gasteiger partial charge in [0.2, 0.25) is 0 Å². The third kappa shape index (κ3) is 2.95. The number of ether oxygens (including phenoxy) is 2. The second-order valence-corrected chi connectivity index (χ2v) is 6.25. The molecule has 120 valence electrons. The monoisotopic (exact) mass is 304 g/mol. The van der Waals surface area contributed by atoms with E-state index >= 15 is 0 Å². The van der Waals surface area contributed by atoms with Crippen molar-refractivity contribution in [2.45, 2.75) is 50.7 Å². The Hall–Kier alpha value is -1.62. The van der Waals surface area contributed by atoms with Crippen LogP contribution in [0.3, 0.4) is 0 Å². The molecule has 1 aromatic rings. The molecule has 0 aromatic carbocycles. The quantitative estimate of drug-likeness (QED) is 0.800. The molecule has 0 radical (unpaired) electrons. The molecular weight excluding hydrogens is 280 g/mol. The molecule has 2 heterocycles. The Morgan fingerprint density at radius 3 is 2.95 bits per heavy atom. The zero-order valence-corrected chi connectivity index (χ0v) is 13.3. The summed E-state index contributed by atoms with van der Waals surface area (Å²) in [5.41, 5.74) is 0.944. The van der Waals surface area contributed by atoms with Gasteiger partial charge in [-0.1, -0.05) is 12.8 Å². The van der Waals surface area contributed by atoms with Gasteiger partial charge >= 0.3 is 5.97 Å². The molecule has 2 fully saturated rings. The molecule has 1 saturated heterocycles. The van der Waals surface area contributed by atoms with Crippen LogP contribution in [0.5, 0.6) is 5.75 Å². The zero-order valence-electron chi connectivity index (χ0n) is 13.3. The van der Waals surface area contributed by atoms with Crippen molar-refractivity contribution in [1.82, 2.24) is 9.88 Å². The van der Waals surface area contributed by atoms with Gasteiger partial charge in [-0.2, -0.15) is 0 Å². The van der Waals surface area contributed by atoms with E-state index in [2.05, 4.69) is 9.88 Å². The number of esters is 1. The van der Waals surface area contributed by atoms with Crippen molar-refractivity contribution in [1.29, 1.82) is 0 Å². The molecule has 3 atom stereocenters. The van der Waals surface area contributed by atoms with Crippen molar-refractivity contribution in [3.63, 3.8) is 0 Å². The van der Waals surface area contributed by atoms with Crippen LogP contribution in [0, 0.1) is 5.92 Å². The number of aromatic nitrogens is 1. The van der Waals surface area contributed by atoms with Gasteiger partial charge in [-0.15, -0.1) is 0 Å². The number of likely N-dealkylation sites (tertiary alicyclic amines) is 1. The van der Waals surface area contributed by atoms with Gasteiger partial charge in [-0.05, 0) is 31.2 Å². The fourth-order valence-corrected chi connectivity index (χ4v) is 4.00. The van der Waals surface area contributed by atoms with Gasteiger partial charge in [0.25, 0.3) is 0 Å². The van der Waals surface area contributed by atoms with Crippen molar-refractivity contribution in [3.05, 3.63) is 24.0 Å². The Bertz CT molecular complexity index is 534. The van der Waals surface area contributed by atoms with Crippen LogP contribution in [0.25, 0.3) is 0 Å². The molecule has 1 aliphatic carbocycles. The topological polar surface area (TPSA) is 51.7 Å². The van der Waals surface area contributed by atoms with Gasteiger partial charge < -0.3 is 9.47 Å². The van der Waals surface area contributed by atoms with E-state index in [9.17, 15) is 4.79 Å². The molecule has 2 aliphatic rings. The number of carbonyl (C=O) groups is 1. The van der Waals surface area contributed by atoms with E-state index in [1.807, 2.05) is 12.1 Å². The SMILES string of the molecule is COC(=O)C1CC2CCCCC2N1Cc1cc(OC)ccn1. The molecule has 1 aromatic heterocycles. The molecule has 0 amide bonds. The Morgan fingerprint density at radius 1 is 1.36 bits per heavy atom. The highest BCUT2D eigenvalue weighted by atomic mass is 16.5. The van der Waals surface area contributed by atoms with Crippen LogP contribution in [-0.2, 0) is 16.1 Å². The molecule has 5 heteroatoms. The second kappa shape index (κ2) is 6.65. The van der Waals surface area contributed by atoms with Gasteiger partial charge in [-0.3, -0.25) is 14.7 Å². The summed E-state index contributed by atoms with van der Waals surface area (Å²) in [7, 11) is 3.13. The zero-order chi connectivity index (χ0) is 15.5. The maximum Gasteiger partial charge on any atom is 0.323 e. The average Bonchev–Trinajstić information content (AvgIpc) is 2.93. The smallest absolute Gasteiger partial charge is 0.323 e. The van der Waals surface area contributed by atoms with E-state index < -0.39 is 0 Å². The molecule has 0 spiro atoms. The van der Waals surface area contributed by atoms with E-state index in [0.29, 0.717) is 18.5 Å². The van der Waals surface area contributed by atoms with Crippen molar-refractivity contribution < 1.29 is 14.3 Å². The van der Waals surface area contributed by atoms with Crippen LogP contribution >= 0.6 is 0 Å². The van der Waals surface area contributed by atoms with Crippen LogP contribution in [0.15, 0.2) is 18.3 Å². The molecule has 0 N–H and O–H groups in total. The summed E-state index contributed by atoms with van der Waals surface area (Å²) in [4.78, 5) is 18.9. The number of carbonyl (C=O) groups excluding carboxylic acids is 1. The second-order valence-electron chi connectivity index (χ2n) is 6.25. The van der Waals surface area contributed by atoms with Gasteiger partial charge in [0.1, 0.15) is 11.8 Å². The minimum atomic E-state index is -0.133. The first kappa shape index (κ1) is 15.3. The van der Waals surface area contributed by atoms with Crippen molar-refractivity contribution in [2.24, 2.45) is 5.92 Å². The fraction of sp³-hybridized carbons (Fsp3) is 0.647. The van der Waals surface area contributed by atoms with Crippen LogP contribution in [0.2, 0.25) is 0 Å². The van der Waals surface area contributed by atoms with Crippen molar-refractivity contribution in [3.8, 4) is 5.75 Å². The number of hydrogen-bond donors (Lipinski definition) is 0. The highest BCUT2D eigenvalue weighted by molar-refractivity contribution is 5.76. The number of pyridine rings is 1. The molecular formula is C17H24N2O3. The lowest BCUT2D eigenvalue weighted by molar-refractivity contribution is -0.146. The highest BCUT2D eigenvalue weighted by Gasteiger charge is 2.45. The Kier molecular flexibility index (Phi) is 4.62. The highest BCUT2D eigenvalue weighted by Crippen LogP contribution is 2.40. The van der Waals surface area contributed by atoms with Gasteiger partial charge in [0.05, 0.1) is 19.9 Å². The van der Waals surface area contributed by atoms with Gasteiger partial charge in [0, 0.05) is 24.8 Å². The summed E-state index contributed by atoms with van der Waals surface area (Å²) in [6.45, 7) is 0.679. The van der Waals surface area contributed by atoms with E-state index in [1.54, 1.807) is 13.3 Å². The van der Waals surface area contributed by atoms with Gasteiger partial charge in [-0.25, -0.2) is 0 Å². The van der Waals surface area contributed by atoms with Crippen molar-refractivity contribution >= 4 is 5.97 Å². The number of fused-ring (bicyclic) bond motifs is 1. The summed E-state index contributed by atoms with van der Waals surface area (Å²) in [5, 5.41) is 0. The predicted octanol–water partition coefficient (Wildman–Crippen LogP) is 2.40. The van der Waals surface area contributed by atoms with E-state index in [4.69, 9.17) is 9.47 Å². The minimum absolute atomic E-state index is 0.114. The standard InChI is InChI=1S/C17H24N2O3/c1-21-14-7-8-18-13(10-14)11-19-15-6-4-3-5-12(15)9-16(19)17(20)22-2/h7-8,10,12,15-16H,3-6,9,11H2,1-2H3. The third-order valence-corrected chi connectivity index (χ3v) is 5.06. The maximum absolute atomic E-state index is 12.2. The molecule has 1 aliphatic heterocycles. The number of rotatable bonds is 4. The first-order chi connectivity index (χ1) is 10.7. The normalized spacial score (nSPS) is 28.2. The summed E-state index contributed by atoms with van der Waals surface area (Å²) in [6.07, 6.45) is 7.59. The first-order valence-corrected chi connectivity index (χ1v) is 8.05. The van der Waals surface area contributed by atoms with E-state index in [0.717, 1.165) is 17.9 Å². The van der Waals surface area contributed by atoms with Crippen LogP contribution in [0.1, 0.15) is 37.8 Å². The summed E-state index contributed by atoms with van der Waals surface area (Å²) >= 11 is 0. The van der Waals surface area contributed by atoms with Crippen LogP contribution < -0.4 is 4.74 Å². The lowest BCUT2D eigenvalue weighted by Gasteiger charge is -2.33. The lowest BCUT2D eigenvalue weighted by Crippen LogP contribution is -2.42. The van der Waals surface area contributed by atoms with Crippen LogP contribution in [0.4, 0.5) is 0 Å². The van der Waals surface area contributed by atoms with E-state index in [-0.39, 0.29) is 12.0 Å². The van der Waals surface area contributed by atoms with Crippen molar-refractivity contribution in [2.75, 3.05) is 14.2 Å². The Morgan fingerprint density at radius 2 is 2.18 bits per heavy atom. The molecule has 0 bridgehead atoms. The largest absolute Gasteiger partial charge is 0.497 e. The number of nitrogens with zero attached hydrogens (tertiary/aromatic N) is 2. The van der Waals surface area contributed by atoms with E-state index in [1.165, 1.54) is 32.8 Å². The predicted molar refractivity (Wildman–Crippen MR) is 82.5 cm³/mol. The molecule has 22 heavy (non-hydrogen) atoms. The molecule has 3 unspecified atom stereocenters. The molecule has 3 rings (SSSR count). The number of hydrogen-bond acceptors (Lipinski definition) is 5. The van der Waals surface area contributed by atoms with Crippen LogP contribution in [-0.4, -0.2) is 42.2 Å².